The Morgan fingerprint density at radius 2 is 1.80 bits per heavy atom. The lowest BCUT2D eigenvalue weighted by atomic mass is 10.2. The Balaban J connectivity index is 1.41. The van der Waals surface area contributed by atoms with E-state index in [0.29, 0.717) is 13.2 Å². The third kappa shape index (κ3) is 5.36. The van der Waals surface area contributed by atoms with E-state index in [-0.39, 0.29) is 0 Å². The minimum Gasteiger partial charge on any atom is -0.491 e. The van der Waals surface area contributed by atoms with Crippen molar-refractivity contribution in [1.29, 1.82) is 0 Å². The average molecular weight is 361 g/mol. The quantitative estimate of drug-likeness (QED) is 0.858. The van der Waals surface area contributed by atoms with Crippen molar-refractivity contribution in [3.8, 4) is 5.75 Å². The molecule has 0 aromatic heterocycles. The van der Waals surface area contributed by atoms with Crippen molar-refractivity contribution >= 4 is 17.3 Å². The molecule has 0 aliphatic carbocycles. The summed E-state index contributed by atoms with van der Waals surface area (Å²) in [5, 5.41) is 11.0. The van der Waals surface area contributed by atoms with Gasteiger partial charge < -0.3 is 14.7 Å². The van der Waals surface area contributed by atoms with E-state index in [1.54, 1.807) is 0 Å². The molecule has 4 nitrogen and oxygen atoms in total. The standard InChI is InChI=1S/C20H25ClN2O2/c1-16-5-7-20(8-6-16)25-15-19(24)14-22-9-11-23(12-10-22)18-4-2-3-17(21)13-18/h2-8,13,19,24H,9-12,14-15H2,1H3. The van der Waals surface area contributed by atoms with Gasteiger partial charge in [0.1, 0.15) is 18.5 Å². The van der Waals surface area contributed by atoms with E-state index in [1.165, 1.54) is 5.56 Å². The number of aryl methyl sites for hydroxylation is 1. The molecule has 2 aromatic carbocycles. The van der Waals surface area contributed by atoms with Gasteiger partial charge >= 0.3 is 0 Å². The fourth-order valence-corrected chi connectivity index (χ4v) is 3.22. The summed E-state index contributed by atoms with van der Waals surface area (Å²) in [6, 6.07) is 15.9. The number of rotatable bonds is 6. The van der Waals surface area contributed by atoms with Gasteiger partial charge in [-0.2, -0.15) is 0 Å². The van der Waals surface area contributed by atoms with Gasteiger partial charge in [0.2, 0.25) is 0 Å². The van der Waals surface area contributed by atoms with Crippen molar-refractivity contribution in [3.05, 3.63) is 59.1 Å². The summed E-state index contributed by atoms with van der Waals surface area (Å²) in [5.41, 5.74) is 2.36. The third-order valence-electron chi connectivity index (χ3n) is 4.48. The Morgan fingerprint density at radius 1 is 1.08 bits per heavy atom. The number of piperazine rings is 1. The molecular formula is C20H25ClN2O2. The first-order valence-corrected chi connectivity index (χ1v) is 9.08. The number of anilines is 1. The van der Waals surface area contributed by atoms with Crippen molar-refractivity contribution < 1.29 is 9.84 Å². The van der Waals surface area contributed by atoms with Gasteiger partial charge in [0, 0.05) is 43.4 Å². The number of β-amino-alcohol motifs (C(OH)–C–C–N with tert-alkyl or cyclic N) is 1. The van der Waals surface area contributed by atoms with E-state index in [9.17, 15) is 5.11 Å². The second-order valence-electron chi connectivity index (χ2n) is 6.55. The predicted molar refractivity (Wildman–Crippen MR) is 103 cm³/mol. The molecule has 5 heteroatoms. The largest absolute Gasteiger partial charge is 0.491 e. The van der Waals surface area contributed by atoms with Crippen LogP contribution in [-0.2, 0) is 0 Å². The minimum absolute atomic E-state index is 0.317. The van der Waals surface area contributed by atoms with Crippen LogP contribution in [-0.4, -0.2) is 55.4 Å². The van der Waals surface area contributed by atoms with E-state index in [1.807, 2.05) is 49.4 Å². The highest BCUT2D eigenvalue weighted by atomic mass is 35.5. The number of nitrogens with zero attached hydrogens (tertiary/aromatic N) is 2. The topological polar surface area (TPSA) is 35.9 Å². The molecule has 0 radical (unpaired) electrons. The Hall–Kier alpha value is -1.75. The Morgan fingerprint density at radius 3 is 2.48 bits per heavy atom. The zero-order chi connectivity index (χ0) is 17.6. The average Bonchev–Trinajstić information content (AvgIpc) is 2.62. The van der Waals surface area contributed by atoms with E-state index < -0.39 is 6.10 Å². The molecule has 0 spiro atoms. The minimum atomic E-state index is -0.487. The number of halogens is 1. The molecule has 2 aromatic rings. The van der Waals surface area contributed by atoms with Crippen molar-refractivity contribution in [2.45, 2.75) is 13.0 Å². The third-order valence-corrected chi connectivity index (χ3v) is 4.71. The molecule has 1 aliphatic heterocycles. The maximum atomic E-state index is 10.2. The summed E-state index contributed by atoms with van der Waals surface area (Å²) in [4.78, 5) is 4.61. The molecule has 3 rings (SSSR count). The molecule has 0 amide bonds. The van der Waals surface area contributed by atoms with Gasteiger partial charge in [0.05, 0.1) is 0 Å². The number of aliphatic hydroxyl groups excluding tert-OH is 1. The maximum Gasteiger partial charge on any atom is 0.119 e. The molecule has 1 saturated heterocycles. The van der Waals surface area contributed by atoms with Gasteiger partial charge in [0.15, 0.2) is 0 Å². The number of aliphatic hydroxyl groups is 1. The van der Waals surface area contributed by atoms with Crippen LogP contribution in [0.4, 0.5) is 5.69 Å². The highest BCUT2D eigenvalue weighted by molar-refractivity contribution is 6.30. The van der Waals surface area contributed by atoms with Crippen molar-refractivity contribution in [2.75, 3.05) is 44.2 Å². The fourth-order valence-electron chi connectivity index (χ4n) is 3.04. The van der Waals surface area contributed by atoms with Crippen molar-refractivity contribution in [2.24, 2.45) is 0 Å². The van der Waals surface area contributed by atoms with Gasteiger partial charge in [-0.05, 0) is 37.3 Å². The van der Waals surface area contributed by atoms with Gasteiger partial charge in [-0.1, -0.05) is 35.4 Å². The van der Waals surface area contributed by atoms with Crippen molar-refractivity contribution in [3.63, 3.8) is 0 Å². The van der Waals surface area contributed by atoms with E-state index in [2.05, 4.69) is 15.9 Å². The molecule has 1 unspecified atom stereocenters. The van der Waals surface area contributed by atoms with Crippen LogP contribution in [0.3, 0.4) is 0 Å². The van der Waals surface area contributed by atoms with Crippen LogP contribution in [0, 0.1) is 6.92 Å². The fraction of sp³-hybridized carbons (Fsp3) is 0.400. The second kappa shape index (κ2) is 8.56. The predicted octanol–water partition coefficient (Wildman–Crippen LogP) is 3.21. The van der Waals surface area contributed by atoms with Crippen LogP contribution < -0.4 is 9.64 Å². The smallest absolute Gasteiger partial charge is 0.119 e. The monoisotopic (exact) mass is 360 g/mol. The Kier molecular flexibility index (Phi) is 6.19. The van der Waals surface area contributed by atoms with Gasteiger partial charge in [-0.25, -0.2) is 0 Å². The first-order chi connectivity index (χ1) is 12.1. The van der Waals surface area contributed by atoms with Crippen LogP contribution in [0.2, 0.25) is 5.02 Å². The molecule has 1 heterocycles. The van der Waals surface area contributed by atoms with Gasteiger partial charge in [-0.3, -0.25) is 4.90 Å². The Labute approximate surface area is 154 Å². The van der Waals surface area contributed by atoms with Crippen LogP contribution in [0.1, 0.15) is 5.56 Å². The lowest BCUT2D eigenvalue weighted by molar-refractivity contribution is 0.0663. The highest BCUT2D eigenvalue weighted by Gasteiger charge is 2.19. The summed E-state index contributed by atoms with van der Waals surface area (Å²) in [6.45, 7) is 6.72. The Bertz CT molecular complexity index is 670. The SMILES string of the molecule is Cc1ccc(OCC(O)CN2CCN(c3cccc(Cl)c3)CC2)cc1. The number of hydrogen-bond acceptors (Lipinski definition) is 4. The number of benzene rings is 2. The van der Waals surface area contributed by atoms with Crippen LogP contribution >= 0.6 is 11.6 Å². The van der Waals surface area contributed by atoms with E-state index in [4.69, 9.17) is 16.3 Å². The highest BCUT2D eigenvalue weighted by Crippen LogP contribution is 2.21. The normalized spacial score (nSPS) is 16.7. The van der Waals surface area contributed by atoms with Crippen LogP contribution in [0.5, 0.6) is 5.75 Å². The van der Waals surface area contributed by atoms with Gasteiger partial charge in [0.25, 0.3) is 0 Å². The zero-order valence-corrected chi connectivity index (χ0v) is 15.3. The van der Waals surface area contributed by atoms with Gasteiger partial charge in [-0.15, -0.1) is 0 Å². The summed E-state index contributed by atoms with van der Waals surface area (Å²) < 4.78 is 5.67. The molecular weight excluding hydrogens is 336 g/mol. The van der Waals surface area contributed by atoms with E-state index >= 15 is 0 Å². The molecule has 1 atom stereocenters. The summed E-state index contributed by atoms with van der Waals surface area (Å²) >= 11 is 6.07. The molecule has 0 bridgehead atoms. The van der Waals surface area contributed by atoms with Crippen LogP contribution in [0.25, 0.3) is 0 Å². The first-order valence-electron chi connectivity index (χ1n) is 8.70. The summed E-state index contributed by atoms with van der Waals surface area (Å²) in [5.74, 6) is 0.801. The lowest BCUT2D eigenvalue weighted by Gasteiger charge is -2.36. The number of ether oxygens (including phenoxy) is 1. The zero-order valence-electron chi connectivity index (χ0n) is 14.6. The lowest BCUT2D eigenvalue weighted by Crippen LogP contribution is -2.49. The maximum absolute atomic E-state index is 10.2. The number of hydrogen-bond donors (Lipinski definition) is 1. The molecule has 1 fully saturated rings. The first kappa shape index (κ1) is 18.1. The van der Waals surface area contributed by atoms with Crippen LogP contribution in [0.15, 0.2) is 48.5 Å². The molecule has 0 saturated carbocycles. The molecule has 1 N–H and O–H groups in total. The second-order valence-corrected chi connectivity index (χ2v) is 6.98. The summed E-state index contributed by atoms with van der Waals surface area (Å²) in [7, 11) is 0. The molecule has 25 heavy (non-hydrogen) atoms. The summed E-state index contributed by atoms with van der Waals surface area (Å²) in [6.07, 6.45) is -0.487. The van der Waals surface area contributed by atoms with Crippen molar-refractivity contribution in [1.82, 2.24) is 4.90 Å². The molecule has 1 aliphatic rings. The molecule has 134 valence electrons. The van der Waals surface area contributed by atoms with E-state index in [0.717, 1.165) is 42.6 Å².